The first-order chi connectivity index (χ1) is 9.17. The number of benzene rings is 1. The molecule has 0 saturated carbocycles. The van der Waals surface area contributed by atoms with Gasteiger partial charge in [0.25, 0.3) is 0 Å². The predicted octanol–water partition coefficient (Wildman–Crippen LogP) is 0.847. The highest BCUT2D eigenvalue weighted by Crippen LogP contribution is 2.14. The van der Waals surface area contributed by atoms with Crippen LogP contribution in [0.4, 0.5) is 0 Å². The van der Waals surface area contributed by atoms with Gasteiger partial charge in [0.05, 0.1) is 6.10 Å². The first-order valence-corrected chi connectivity index (χ1v) is 6.43. The van der Waals surface area contributed by atoms with E-state index < -0.39 is 0 Å². The van der Waals surface area contributed by atoms with Crippen molar-refractivity contribution >= 4 is 12.7 Å². The molecule has 1 saturated heterocycles. The van der Waals surface area contributed by atoms with Crippen molar-refractivity contribution in [2.24, 2.45) is 4.99 Å². The van der Waals surface area contributed by atoms with Gasteiger partial charge in [-0.05, 0) is 18.7 Å². The maximum absolute atomic E-state index is 9.92. The molecule has 2 rings (SSSR count). The zero-order chi connectivity index (χ0) is 13.7. The number of aliphatic imine (C=N–C) groups is 1. The van der Waals surface area contributed by atoms with Crippen LogP contribution in [0.15, 0.2) is 35.3 Å². The molecule has 0 radical (unpaired) electrons. The quantitative estimate of drug-likeness (QED) is 0.557. The Morgan fingerprint density at radius 2 is 2.16 bits per heavy atom. The molecule has 0 bridgehead atoms. The van der Waals surface area contributed by atoms with Crippen molar-refractivity contribution in [2.75, 3.05) is 13.1 Å². The van der Waals surface area contributed by atoms with E-state index in [4.69, 9.17) is 5.41 Å². The van der Waals surface area contributed by atoms with Gasteiger partial charge in [-0.25, -0.2) is 4.99 Å². The van der Waals surface area contributed by atoms with Crippen LogP contribution in [-0.2, 0) is 6.54 Å². The van der Waals surface area contributed by atoms with Crippen LogP contribution >= 0.6 is 0 Å². The zero-order valence-electron chi connectivity index (χ0n) is 10.9. The van der Waals surface area contributed by atoms with E-state index in [1.54, 1.807) is 0 Å². The van der Waals surface area contributed by atoms with Crippen LogP contribution in [0.25, 0.3) is 0 Å². The number of aliphatic hydroxyl groups is 1. The third-order valence-electron chi connectivity index (χ3n) is 3.25. The van der Waals surface area contributed by atoms with Gasteiger partial charge < -0.3 is 10.4 Å². The molecular weight excluding hydrogens is 240 g/mol. The summed E-state index contributed by atoms with van der Waals surface area (Å²) in [5, 5.41) is 20.4. The molecule has 1 aromatic carbocycles. The summed E-state index contributed by atoms with van der Waals surface area (Å²) < 4.78 is 0. The van der Waals surface area contributed by atoms with Crippen molar-refractivity contribution in [3.05, 3.63) is 35.9 Å². The molecule has 1 aliphatic heterocycles. The molecule has 3 N–H and O–H groups in total. The molecular formula is C14H20N4O. The third kappa shape index (κ3) is 4.15. The molecule has 1 aliphatic rings. The number of guanidine groups is 1. The average Bonchev–Trinajstić information content (AvgIpc) is 2.39. The molecule has 5 nitrogen and oxygen atoms in total. The lowest BCUT2D eigenvalue weighted by Crippen LogP contribution is -2.51. The summed E-state index contributed by atoms with van der Waals surface area (Å²) in [6.45, 7) is 5.59. The van der Waals surface area contributed by atoms with Crippen LogP contribution in [0.5, 0.6) is 0 Å². The first kappa shape index (κ1) is 13.7. The molecule has 0 unspecified atom stereocenters. The molecule has 2 atom stereocenters. The van der Waals surface area contributed by atoms with Crippen molar-refractivity contribution in [3.8, 4) is 0 Å². The first-order valence-electron chi connectivity index (χ1n) is 6.43. The lowest BCUT2D eigenvalue weighted by Gasteiger charge is -2.36. The normalized spacial score (nSPS) is 23.8. The Labute approximate surface area is 113 Å². The molecule has 0 spiro atoms. The molecule has 0 amide bonds. The number of hydrogen-bond acceptors (Lipinski definition) is 3. The number of aliphatic hydroxyl groups excluding tert-OH is 1. The van der Waals surface area contributed by atoms with Crippen LogP contribution in [-0.4, -0.2) is 47.9 Å². The van der Waals surface area contributed by atoms with Crippen molar-refractivity contribution in [2.45, 2.75) is 25.1 Å². The van der Waals surface area contributed by atoms with E-state index in [0.717, 1.165) is 13.1 Å². The van der Waals surface area contributed by atoms with E-state index in [-0.39, 0.29) is 18.1 Å². The van der Waals surface area contributed by atoms with Gasteiger partial charge in [0, 0.05) is 25.7 Å². The number of rotatable bonds is 3. The molecule has 0 aromatic heterocycles. The van der Waals surface area contributed by atoms with Crippen molar-refractivity contribution in [1.29, 1.82) is 5.41 Å². The summed E-state index contributed by atoms with van der Waals surface area (Å²) in [7, 11) is 0. The second-order valence-electron chi connectivity index (χ2n) is 4.92. The molecule has 1 aromatic rings. The second kappa shape index (κ2) is 6.45. The maximum atomic E-state index is 9.92. The number of nitrogens with zero attached hydrogens (tertiary/aromatic N) is 2. The number of β-amino-alcohol motifs (C(OH)–C–C–N with tert-alkyl or cyclic N) is 1. The van der Waals surface area contributed by atoms with Gasteiger partial charge in [0.2, 0.25) is 5.96 Å². The number of piperidine rings is 1. The number of nitrogens with one attached hydrogen (secondary N) is 2. The van der Waals surface area contributed by atoms with Gasteiger partial charge in [0.15, 0.2) is 0 Å². The maximum Gasteiger partial charge on any atom is 0.214 e. The highest BCUT2D eigenvalue weighted by Gasteiger charge is 2.26. The second-order valence-corrected chi connectivity index (χ2v) is 4.92. The van der Waals surface area contributed by atoms with Crippen molar-refractivity contribution in [1.82, 2.24) is 10.2 Å². The fourth-order valence-electron chi connectivity index (χ4n) is 2.48. The molecule has 5 heteroatoms. The van der Waals surface area contributed by atoms with Gasteiger partial charge in [-0.3, -0.25) is 10.3 Å². The zero-order valence-corrected chi connectivity index (χ0v) is 10.9. The Bertz CT molecular complexity index is 434. The Morgan fingerprint density at radius 3 is 2.84 bits per heavy atom. The van der Waals surface area contributed by atoms with E-state index in [0.29, 0.717) is 13.0 Å². The molecule has 0 aliphatic carbocycles. The fourth-order valence-corrected chi connectivity index (χ4v) is 2.48. The Morgan fingerprint density at radius 1 is 1.42 bits per heavy atom. The lowest BCUT2D eigenvalue weighted by molar-refractivity contribution is 0.0522. The van der Waals surface area contributed by atoms with Crippen LogP contribution in [0.2, 0.25) is 0 Å². The van der Waals surface area contributed by atoms with Crippen LogP contribution in [0, 0.1) is 5.41 Å². The third-order valence-corrected chi connectivity index (χ3v) is 3.25. The minimum Gasteiger partial charge on any atom is -0.392 e. The van der Waals surface area contributed by atoms with Gasteiger partial charge in [0.1, 0.15) is 0 Å². The number of hydrogen-bond donors (Lipinski definition) is 3. The molecule has 19 heavy (non-hydrogen) atoms. The van der Waals surface area contributed by atoms with Crippen LogP contribution in [0.3, 0.4) is 0 Å². The highest BCUT2D eigenvalue weighted by atomic mass is 16.3. The highest BCUT2D eigenvalue weighted by molar-refractivity contribution is 5.81. The molecule has 1 fully saturated rings. The van der Waals surface area contributed by atoms with Gasteiger partial charge >= 0.3 is 0 Å². The number of likely N-dealkylation sites (tertiary alicyclic amines) is 1. The molecule has 102 valence electrons. The Kier molecular flexibility index (Phi) is 4.65. The van der Waals surface area contributed by atoms with E-state index in [9.17, 15) is 5.11 Å². The summed E-state index contributed by atoms with van der Waals surface area (Å²) >= 11 is 0. The average molecular weight is 260 g/mol. The van der Waals surface area contributed by atoms with E-state index in [2.05, 4.69) is 34.1 Å². The monoisotopic (exact) mass is 260 g/mol. The van der Waals surface area contributed by atoms with Gasteiger partial charge in [-0.2, -0.15) is 0 Å². The van der Waals surface area contributed by atoms with E-state index >= 15 is 0 Å². The standard InChI is InChI=1S/C14H20N4O/c1-16-14(15)17-12-7-13(19)10-18(9-12)8-11-5-3-2-4-6-11/h2-6,12-13,19H,1,7-10H2,(H2,15,17)/t12-,13+/m0/s1. The Balaban J connectivity index is 1.94. The topological polar surface area (TPSA) is 71.7 Å². The summed E-state index contributed by atoms with van der Waals surface area (Å²) in [4.78, 5) is 5.73. The molecule has 1 heterocycles. The summed E-state index contributed by atoms with van der Waals surface area (Å²) in [6.07, 6.45) is 0.274. The predicted molar refractivity (Wildman–Crippen MR) is 76.5 cm³/mol. The van der Waals surface area contributed by atoms with E-state index in [1.807, 2.05) is 18.2 Å². The van der Waals surface area contributed by atoms with Crippen LogP contribution in [0.1, 0.15) is 12.0 Å². The largest absolute Gasteiger partial charge is 0.392 e. The van der Waals surface area contributed by atoms with Crippen LogP contribution < -0.4 is 5.32 Å². The van der Waals surface area contributed by atoms with Gasteiger partial charge in [-0.15, -0.1) is 0 Å². The fraction of sp³-hybridized carbons (Fsp3) is 0.429. The summed E-state index contributed by atoms with van der Waals surface area (Å²) in [6, 6.07) is 10.2. The minimum absolute atomic E-state index is 0.0467. The summed E-state index contributed by atoms with van der Waals surface area (Å²) in [5.74, 6) is 0.0683. The summed E-state index contributed by atoms with van der Waals surface area (Å²) in [5.41, 5.74) is 1.23. The van der Waals surface area contributed by atoms with Crippen molar-refractivity contribution < 1.29 is 5.11 Å². The SMILES string of the molecule is C=NC(=N)N[C@H]1C[C@@H](O)CN(Cc2ccccc2)C1. The van der Waals surface area contributed by atoms with Crippen molar-refractivity contribution in [3.63, 3.8) is 0 Å². The van der Waals surface area contributed by atoms with E-state index in [1.165, 1.54) is 5.56 Å². The minimum atomic E-state index is -0.368. The van der Waals surface area contributed by atoms with Gasteiger partial charge in [-0.1, -0.05) is 30.3 Å². The Hall–Kier alpha value is -1.72. The lowest BCUT2D eigenvalue weighted by atomic mass is 10.0. The smallest absolute Gasteiger partial charge is 0.214 e.